The molecule has 3 rings (SSSR count). The first kappa shape index (κ1) is 20.9. The van der Waals surface area contributed by atoms with Crippen LogP contribution >= 0.6 is 15.9 Å². The second kappa shape index (κ2) is 9.09. The predicted octanol–water partition coefficient (Wildman–Crippen LogP) is 4.35. The molecule has 0 fully saturated rings. The zero-order valence-corrected chi connectivity index (χ0v) is 17.6. The van der Waals surface area contributed by atoms with Crippen molar-refractivity contribution in [2.24, 2.45) is 10.9 Å². The number of nitrogens with zero attached hydrogens (tertiary/aromatic N) is 1. The van der Waals surface area contributed by atoms with Gasteiger partial charge >= 0.3 is 5.97 Å². The molecule has 0 spiro atoms. The first-order valence-electron chi connectivity index (χ1n) is 9.50. The van der Waals surface area contributed by atoms with E-state index in [9.17, 15) is 14.0 Å². The van der Waals surface area contributed by atoms with Crippen molar-refractivity contribution in [3.8, 4) is 0 Å². The minimum absolute atomic E-state index is 0.0486. The summed E-state index contributed by atoms with van der Waals surface area (Å²) in [6, 6.07) is 4.58. The summed E-state index contributed by atoms with van der Waals surface area (Å²) in [5.74, 6) is -2.27. The number of carbonyl (C=O) groups is 2. The Bertz CT molecular complexity index is 849. The number of unbranched alkanes of at least 4 members (excludes halogenated alkanes) is 1. The van der Waals surface area contributed by atoms with Gasteiger partial charge in [-0.2, -0.15) is 0 Å². The van der Waals surface area contributed by atoms with Gasteiger partial charge in [0.2, 0.25) is 0 Å². The number of hydrogen-bond donors (Lipinski definition) is 0. The summed E-state index contributed by atoms with van der Waals surface area (Å²) in [4.78, 5) is 30.3. The Kier molecular flexibility index (Phi) is 6.78. The van der Waals surface area contributed by atoms with Crippen molar-refractivity contribution < 1.29 is 23.5 Å². The van der Waals surface area contributed by atoms with Gasteiger partial charge in [-0.25, -0.2) is 4.39 Å². The maximum Gasteiger partial charge on any atom is 0.315 e. The van der Waals surface area contributed by atoms with E-state index in [0.29, 0.717) is 29.0 Å². The Hall–Kier alpha value is -1.86. The number of carbonyl (C=O) groups excluding carboxylic acids is 2. The van der Waals surface area contributed by atoms with E-state index in [2.05, 4.69) is 27.8 Å². The summed E-state index contributed by atoms with van der Waals surface area (Å²) in [6.07, 6.45) is 2.44. The number of benzene rings is 1. The number of ketones is 1. The van der Waals surface area contributed by atoms with Crippen LogP contribution in [0.25, 0.3) is 0 Å². The topological polar surface area (TPSA) is 65.0 Å². The van der Waals surface area contributed by atoms with Crippen LogP contribution in [0.2, 0.25) is 0 Å². The molecule has 2 aliphatic heterocycles. The SMILES string of the molecule is CCCCC1=NC2=C(C(=O)COC2)C(c2ccc(F)c(Br)c2)C1C(=O)OCC. The lowest BCUT2D eigenvalue weighted by atomic mass is 9.73. The van der Waals surface area contributed by atoms with E-state index in [1.54, 1.807) is 19.1 Å². The van der Waals surface area contributed by atoms with Gasteiger partial charge in [-0.15, -0.1) is 0 Å². The molecule has 5 nitrogen and oxygen atoms in total. The lowest BCUT2D eigenvalue weighted by molar-refractivity contribution is -0.146. The summed E-state index contributed by atoms with van der Waals surface area (Å²) >= 11 is 3.21. The molecule has 0 saturated heterocycles. The zero-order chi connectivity index (χ0) is 20.3. The Morgan fingerprint density at radius 2 is 2.14 bits per heavy atom. The summed E-state index contributed by atoms with van der Waals surface area (Å²) in [7, 11) is 0. The van der Waals surface area contributed by atoms with Crippen LogP contribution in [0.5, 0.6) is 0 Å². The quantitative estimate of drug-likeness (QED) is 0.603. The Labute approximate surface area is 172 Å². The van der Waals surface area contributed by atoms with E-state index in [0.717, 1.165) is 12.8 Å². The van der Waals surface area contributed by atoms with Crippen LogP contribution in [-0.4, -0.2) is 37.3 Å². The van der Waals surface area contributed by atoms with Crippen LogP contribution in [0.3, 0.4) is 0 Å². The molecule has 0 radical (unpaired) electrons. The molecule has 28 heavy (non-hydrogen) atoms. The average Bonchev–Trinajstić information content (AvgIpc) is 2.67. The number of ether oxygens (including phenoxy) is 2. The zero-order valence-electron chi connectivity index (χ0n) is 16.0. The van der Waals surface area contributed by atoms with Gasteiger partial charge < -0.3 is 9.47 Å². The van der Waals surface area contributed by atoms with Gasteiger partial charge in [0.05, 0.1) is 23.4 Å². The molecule has 2 unspecified atom stereocenters. The van der Waals surface area contributed by atoms with Crippen LogP contribution in [-0.2, 0) is 19.1 Å². The molecule has 150 valence electrons. The third-order valence-corrected chi connectivity index (χ3v) is 5.60. The highest BCUT2D eigenvalue weighted by Crippen LogP contribution is 2.43. The fraction of sp³-hybridized carbons (Fsp3) is 0.476. The van der Waals surface area contributed by atoms with Crippen molar-refractivity contribution in [2.75, 3.05) is 19.8 Å². The van der Waals surface area contributed by atoms with Crippen molar-refractivity contribution in [3.63, 3.8) is 0 Å². The van der Waals surface area contributed by atoms with Crippen molar-refractivity contribution in [1.82, 2.24) is 0 Å². The second-order valence-electron chi connectivity index (χ2n) is 6.86. The summed E-state index contributed by atoms with van der Waals surface area (Å²) in [5, 5.41) is 0. The Morgan fingerprint density at radius 3 is 2.82 bits per heavy atom. The molecule has 0 aliphatic carbocycles. The van der Waals surface area contributed by atoms with E-state index >= 15 is 0 Å². The minimum Gasteiger partial charge on any atom is -0.465 e. The molecule has 2 heterocycles. The van der Waals surface area contributed by atoms with Gasteiger partial charge in [0.1, 0.15) is 18.3 Å². The first-order chi connectivity index (χ1) is 13.5. The minimum atomic E-state index is -0.704. The number of aliphatic imine (C=N–C) groups is 1. The van der Waals surface area contributed by atoms with Crippen molar-refractivity contribution in [2.45, 2.75) is 39.0 Å². The largest absolute Gasteiger partial charge is 0.465 e. The maximum atomic E-state index is 13.8. The van der Waals surface area contributed by atoms with Crippen LogP contribution in [0.4, 0.5) is 4.39 Å². The molecule has 1 aromatic rings. The molecular weight excluding hydrogens is 429 g/mol. The summed E-state index contributed by atoms with van der Waals surface area (Å²) in [6.45, 7) is 4.23. The number of rotatable bonds is 6. The standard InChI is InChI=1S/C21H23BrFNO4/c1-3-5-6-15-20(21(26)28-4-2)18(12-7-8-14(23)13(22)9-12)19-16(24-15)10-27-11-17(19)25/h7-9,18,20H,3-6,10-11H2,1-2H3. The van der Waals surface area contributed by atoms with Crippen LogP contribution in [0.15, 0.2) is 38.9 Å². The number of hydrogen-bond acceptors (Lipinski definition) is 5. The third-order valence-electron chi connectivity index (χ3n) is 4.99. The maximum absolute atomic E-state index is 13.8. The van der Waals surface area contributed by atoms with Gasteiger partial charge in [-0.1, -0.05) is 19.4 Å². The Balaban J connectivity index is 2.17. The molecule has 1 aromatic carbocycles. The van der Waals surface area contributed by atoms with Crippen LogP contribution in [0, 0.1) is 11.7 Å². The van der Waals surface area contributed by atoms with Gasteiger partial charge in [-0.05, 0) is 53.4 Å². The highest BCUT2D eigenvalue weighted by atomic mass is 79.9. The average molecular weight is 452 g/mol. The molecule has 2 aliphatic rings. The third kappa shape index (κ3) is 4.10. The molecule has 7 heteroatoms. The molecule has 0 saturated carbocycles. The molecule has 2 atom stereocenters. The van der Waals surface area contributed by atoms with E-state index in [-0.39, 0.29) is 30.1 Å². The monoisotopic (exact) mass is 451 g/mol. The molecule has 0 amide bonds. The highest BCUT2D eigenvalue weighted by Gasteiger charge is 2.44. The first-order valence-corrected chi connectivity index (χ1v) is 10.3. The number of esters is 1. The highest BCUT2D eigenvalue weighted by molar-refractivity contribution is 9.10. The predicted molar refractivity (Wildman–Crippen MR) is 107 cm³/mol. The lowest BCUT2D eigenvalue weighted by Crippen LogP contribution is -2.40. The van der Waals surface area contributed by atoms with Crippen molar-refractivity contribution in [1.29, 1.82) is 0 Å². The van der Waals surface area contributed by atoms with Gasteiger partial charge in [0.25, 0.3) is 0 Å². The van der Waals surface area contributed by atoms with E-state index in [1.807, 2.05) is 0 Å². The molecule has 0 aromatic heterocycles. The van der Waals surface area contributed by atoms with E-state index < -0.39 is 23.6 Å². The molecule has 0 bridgehead atoms. The van der Waals surface area contributed by atoms with Gasteiger partial charge in [-0.3, -0.25) is 14.6 Å². The summed E-state index contributed by atoms with van der Waals surface area (Å²) < 4.78 is 24.8. The molecule has 0 N–H and O–H groups in total. The second-order valence-corrected chi connectivity index (χ2v) is 7.72. The van der Waals surface area contributed by atoms with Gasteiger partial charge in [0, 0.05) is 17.2 Å². The van der Waals surface area contributed by atoms with Crippen molar-refractivity contribution in [3.05, 3.63) is 45.3 Å². The molecular formula is C21H23BrFNO4. The smallest absolute Gasteiger partial charge is 0.315 e. The number of halogens is 2. The Morgan fingerprint density at radius 1 is 1.36 bits per heavy atom. The lowest BCUT2D eigenvalue weighted by Gasteiger charge is -2.35. The van der Waals surface area contributed by atoms with Gasteiger partial charge in [0.15, 0.2) is 5.78 Å². The summed E-state index contributed by atoms with van der Waals surface area (Å²) in [5.41, 5.74) is 2.41. The fourth-order valence-corrected chi connectivity index (χ4v) is 4.14. The fourth-order valence-electron chi connectivity index (χ4n) is 3.74. The van der Waals surface area contributed by atoms with E-state index in [1.165, 1.54) is 6.07 Å². The number of Topliss-reactive ketones (excluding diaryl/α,β-unsaturated/α-hetero) is 1. The van der Waals surface area contributed by atoms with Crippen LogP contribution < -0.4 is 0 Å². The van der Waals surface area contributed by atoms with E-state index in [4.69, 9.17) is 9.47 Å². The van der Waals surface area contributed by atoms with Crippen LogP contribution in [0.1, 0.15) is 44.6 Å². The normalized spacial score (nSPS) is 22.0. The van der Waals surface area contributed by atoms with Crippen molar-refractivity contribution >= 4 is 33.4 Å².